The van der Waals surface area contributed by atoms with Gasteiger partial charge < -0.3 is 0 Å². The van der Waals surface area contributed by atoms with Crippen molar-refractivity contribution in [3.05, 3.63) is 124 Å². The first kappa shape index (κ1) is 28.3. The van der Waals surface area contributed by atoms with Crippen molar-refractivity contribution in [2.45, 2.75) is 59.3 Å². The molecule has 0 heterocycles. The van der Waals surface area contributed by atoms with E-state index in [1.807, 2.05) is 19.1 Å². The van der Waals surface area contributed by atoms with Crippen LogP contribution < -0.4 is 5.30 Å². The zero-order chi connectivity index (χ0) is 27.7. The minimum absolute atomic E-state index is 0.0171. The van der Waals surface area contributed by atoms with E-state index in [4.69, 9.17) is 0 Å². The molecule has 2 aliphatic carbocycles. The van der Waals surface area contributed by atoms with Crippen LogP contribution in [0.5, 0.6) is 0 Å². The zero-order valence-corrected chi connectivity index (χ0v) is 25.3. The summed E-state index contributed by atoms with van der Waals surface area (Å²) in [6.07, 6.45) is 16.1. The third-order valence-corrected chi connectivity index (χ3v) is 13.9. The van der Waals surface area contributed by atoms with Crippen LogP contribution in [0, 0.1) is 6.92 Å². The average Bonchev–Trinajstić information content (AvgIpc) is 2.87. The summed E-state index contributed by atoms with van der Waals surface area (Å²) >= 11 is 0. The summed E-state index contributed by atoms with van der Waals surface area (Å²) in [4.78, 5) is 0. The van der Waals surface area contributed by atoms with Gasteiger partial charge in [-0.05, 0) is 0 Å². The van der Waals surface area contributed by atoms with E-state index in [1.165, 1.54) is 38.7 Å². The van der Waals surface area contributed by atoms with Gasteiger partial charge in [-0.15, -0.1) is 0 Å². The molecule has 0 aromatic heterocycles. The molecule has 2 aromatic carbocycles. The number of aryl methyl sites for hydroxylation is 1. The molecule has 0 saturated heterocycles. The predicted octanol–water partition coefficient (Wildman–Crippen LogP) is 10.0. The summed E-state index contributed by atoms with van der Waals surface area (Å²) in [6, 6.07) is 13.5. The standard InChI is InChI=1S/C36H44FP/c1-9-11-12-15-27(4)30-24-26(3)20-21-34(30)38(7,8,10-2)23-22-28-16-13-18-32-31(28)25-29-17-14-19-33(37)35(29)36(32,5)6/h9,11-13,15-16,18-24H,4,10,14,17,25H2,1-3,5-8H3/b11-9-,15-12-,23-22-. The molecule has 0 atom stereocenters. The number of hydrogen-bond acceptors (Lipinski definition) is 0. The minimum atomic E-state index is -2.46. The van der Waals surface area contributed by atoms with Crippen molar-refractivity contribution >= 4 is 23.6 Å². The second-order valence-electron chi connectivity index (χ2n) is 12.3. The third-order valence-electron chi connectivity index (χ3n) is 8.86. The Kier molecular flexibility index (Phi) is 7.75. The van der Waals surface area contributed by atoms with Gasteiger partial charge in [0.15, 0.2) is 0 Å². The molecule has 0 saturated carbocycles. The first-order valence-electron chi connectivity index (χ1n) is 13.9. The topological polar surface area (TPSA) is 0 Å². The number of rotatable bonds is 7. The van der Waals surface area contributed by atoms with Crippen LogP contribution in [0.25, 0.3) is 11.6 Å². The molecule has 38 heavy (non-hydrogen) atoms. The molecule has 0 radical (unpaired) electrons. The molecule has 0 unspecified atom stereocenters. The fourth-order valence-electron chi connectivity index (χ4n) is 6.17. The van der Waals surface area contributed by atoms with Gasteiger partial charge in [0.25, 0.3) is 0 Å². The van der Waals surface area contributed by atoms with Crippen molar-refractivity contribution in [3.8, 4) is 0 Å². The molecule has 0 bridgehead atoms. The van der Waals surface area contributed by atoms with Gasteiger partial charge in [0.2, 0.25) is 0 Å². The molecule has 4 rings (SSSR count). The molecule has 0 aliphatic heterocycles. The summed E-state index contributed by atoms with van der Waals surface area (Å²) in [6.45, 7) is 17.8. The maximum absolute atomic E-state index is 15.0. The summed E-state index contributed by atoms with van der Waals surface area (Å²) in [5.41, 5.74) is 9.29. The Hall–Kier alpha value is -2.76. The van der Waals surface area contributed by atoms with Crippen LogP contribution in [0.15, 0.2) is 96.1 Å². The van der Waals surface area contributed by atoms with Crippen LogP contribution in [-0.2, 0) is 11.8 Å². The predicted molar refractivity (Wildman–Crippen MR) is 171 cm³/mol. The van der Waals surface area contributed by atoms with Crippen LogP contribution in [0.2, 0.25) is 0 Å². The molecule has 2 aliphatic rings. The molecule has 2 aromatic rings. The molecular weight excluding hydrogens is 482 g/mol. The normalized spacial score (nSPS) is 18.4. The molecule has 0 amide bonds. The van der Waals surface area contributed by atoms with Gasteiger partial charge in [-0.2, -0.15) is 0 Å². The summed E-state index contributed by atoms with van der Waals surface area (Å²) in [5, 5.41) is 1.41. The Bertz CT molecular complexity index is 1420. The number of hydrogen-bond donors (Lipinski definition) is 0. The number of benzene rings is 2. The van der Waals surface area contributed by atoms with Crippen LogP contribution >= 0.6 is 6.60 Å². The van der Waals surface area contributed by atoms with Crippen molar-refractivity contribution in [3.63, 3.8) is 0 Å². The molecule has 0 N–H and O–H groups in total. The van der Waals surface area contributed by atoms with Gasteiger partial charge in [-0.25, -0.2) is 0 Å². The fourth-order valence-corrected chi connectivity index (χ4v) is 9.09. The van der Waals surface area contributed by atoms with E-state index >= 15 is 4.39 Å². The van der Waals surface area contributed by atoms with Crippen LogP contribution in [-0.4, -0.2) is 19.5 Å². The Labute approximate surface area is 230 Å². The molecule has 200 valence electrons. The van der Waals surface area contributed by atoms with E-state index in [9.17, 15) is 0 Å². The van der Waals surface area contributed by atoms with Gasteiger partial charge in [0, 0.05) is 0 Å². The summed E-state index contributed by atoms with van der Waals surface area (Å²) < 4.78 is 15.0. The Morgan fingerprint density at radius 3 is 2.61 bits per heavy atom. The zero-order valence-electron chi connectivity index (χ0n) is 24.4. The first-order chi connectivity index (χ1) is 17.9. The Balaban J connectivity index is 1.82. The molecule has 2 heteroatoms. The SMILES string of the molecule is C=C(/C=C\C=C/C)c1cc(C)ccc1P(C)(C)(/C=C\c1cccc2c1CC1=C(C(F)=CCC1)C2(C)C)CC. The number of allylic oxidation sites excluding steroid dienone is 9. The third kappa shape index (κ3) is 5.11. The van der Waals surface area contributed by atoms with E-state index in [1.54, 1.807) is 6.08 Å². The van der Waals surface area contributed by atoms with E-state index in [-0.39, 0.29) is 11.2 Å². The Morgan fingerprint density at radius 1 is 1.13 bits per heavy atom. The number of fused-ring (bicyclic) bond motifs is 1. The van der Waals surface area contributed by atoms with Gasteiger partial charge in [0.05, 0.1) is 0 Å². The Morgan fingerprint density at radius 2 is 1.89 bits per heavy atom. The van der Waals surface area contributed by atoms with E-state index < -0.39 is 6.60 Å². The second-order valence-corrected chi connectivity index (χ2v) is 18.8. The molecular formula is C36H44FP. The van der Waals surface area contributed by atoms with Crippen molar-refractivity contribution in [2.75, 3.05) is 19.5 Å². The van der Waals surface area contributed by atoms with E-state index in [0.717, 1.165) is 36.6 Å². The molecule has 0 fully saturated rings. The summed E-state index contributed by atoms with van der Waals surface area (Å²) in [7, 11) is 0. The van der Waals surface area contributed by atoms with Crippen LogP contribution in [0.1, 0.15) is 68.4 Å². The van der Waals surface area contributed by atoms with E-state index in [0.29, 0.717) is 0 Å². The molecule has 0 nitrogen and oxygen atoms in total. The van der Waals surface area contributed by atoms with Crippen molar-refractivity contribution in [2.24, 2.45) is 0 Å². The van der Waals surface area contributed by atoms with Crippen molar-refractivity contribution in [1.82, 2.24) is 0 Å². The second kappa shape index (κ2) is 10.4. The van der Waals surface area contributed by atoms with E-state index in [2.05, 4.69) is 108 Å². The molecule has 0 spiro atoms. The maximum atomic E-state index is 15.0. The quantitative estimate of drug-likeness (QED) is 0.249. The average molecular weight is 527 g/mol. The monoisotopic (exact) mass is 526 g/mol. The fraction of sp³-hybridized carbons (Fsp3) is 0.333. The first-order valence-corrected chi connectivity index (χ1v) is 17.3. The van der Waals surface area contributed by atoms with Gasteiger partial charge in [-0.1, -0.05) is 0 Å². The van der Waals surface area contributed by atoms with Crippen molar-refractivity contribution < 1.29 is 4.39 Å². The summed E-state index contributed by atoms with van der Waals surface area (Å²) in [5.74, 6) is 2.51. The van der Waals surface area contributed by atoms with Crippen LogP contribution in [0.4, 0.5) is 4.39 Å². The number of halogens is 1. The van der Waals surface area contributed by atoms with Gasteiger partial charge in [-0.3, -0.25) is 0 Å². The van der Waals surface area contributed by atoms with Crippen molar-refractivity contribution in [1.29, 1.82) is 0 Å². The van der Waals surface area contributed by atoms with Gasteiger partial charge >= 0.3 is 231 Å². The van der Waals surface area contributed by atoms with Gasteiger partial charge in [0.1, 0.15) is 0 Å². The van der Waals surface area contributed by atoms with Crippen LogP contribution in [0.3, 0.4) is 0 Å².